The third-order valence-electron chi connectivity index (χ3n) is 4.49. The number of hydrogen-bond acceptors (Lipinski definition) is 2. The molecule has 15 heavy (non-hydrogen) atoms. The summed E-state index contributed by atoms with van der Waals surface area (Å²) < 4.78 is 0. The van der Waals surface area contributed by atoms with Gasteiger partial charge >= 0.3 is 0 Å². The average Bonchev–Trinajstić information content (AvgIpc) is 2.81. The van der Waals surface area contributed by atoms with Crippen molar-refractivity contribution in [3.8, 4) is 0 Å². The molecule has 2 aliphatic rings. The summed E-state index contributed by atoms with van der Waals surface area (Å²) in [5.41, 5.74) is 3.09. The van der Waals surface area contributed by atoms with Crippen LogP contribution < -0.4 is 11.3 Å². The van der Waals surface area contributed by atoms with Crippen LogP contribution in [0.2, 0.25) is 0 Å². The van der Waals surface area contributed by atoms with Gasteiger partial charge in [-0.2, -0.15) is 0 Å². The Morgan fingerprint density at radius 3 is 2.13 bits per heavy atom. The quantitative estimate of drug-likeness (QED) is 0.553. The summed E-state index contributed by atoms with van der Waals surface area (Å²) in [5, 5.41) is 0. The van der Waals surface area contributed by atoms with Crippen molar-refractivity contribution in [3.05, 3.63) is 0 Å². The molecular weight excluding hydrogens is 184 g/mol. The second-order valence-electron chi connectivity index (χ2n) is 5.56. The summed E-state index contributed by atoms with van der Waals surface area (Å²) in [7, 11) is 0. The molecule has 0 amide bonds. The first-order chi connectivity index (χ1) is 7.40. The fraction of sp³-hybridized carbons (Fsp3) is 1.00. The van der Waals surface area contributed by atoms with E-state index in [1.54, 1.807) is 0 Å². The highest BCUT2D eigenvalue weighted by molar-refractivity contribution is 4.82. The van der Waals surface area contributed by atoms with E-state index in [1.807, 2.05) is 0 Å². The van der Waals surface area contributed by atoms with Gasteiger partial charge in [-0.1, -0.05) is 44.9 Å². The van der Waals surface area contributed by atoms with Gasteiger partial charge in [0.1, 0.15) is 0 Å². The van der Waals surface area contributed by atoms with Crippen LogP contribution in [0.4, 0.5) is 0 Å². The molecule has 0 aliphatic heterocycles. The molecule has 0 spiro atoms. The van der Waals surface area contributed by atoms with E-state index < -0.39 is 0 Å². The average molecular weight is 210 g/mol. The summed E-state index contributed by atoms with van der Waals surface area (Å²) >= 11 is 0. The molecule has 2 nitrogen and oxygen atoms in total. The smallest absolute Gasteiger partial charge is 0.0241 e. The number of nitrogens with one attached hydrogen (secondary N) is 1. The molecule has 2 heteroatoms. The van der Waals surface area contributed by atoms with Crippen molar-refractivity contribution >= 4 is 0 Å². The molecule has 0 bridgehead atoms. The zero-order valence-electron chi connectivity index (χ0n) is 9.88. The molecule has 3 N–H and O–H groups in total. The molecule has 2 rings (SSSR count). The van der Waals surface area contributed by atoms with E-state index in [4.69, 9.17) is 5.84 Å². The summed E-state index contributed by atoms with van der Waals surface area (Å²) in [6.07, 6.45) is 14.3. The van der Waals surface area contributed by atoms with Crippen molar-refractivity contribution < 1.29 is 0 Å². The Labute approximate surface area is 94.0 Å². The third kappa shape index (κ3) is 3.18. The van der Waals surface area contributed by atoms with Crippen LogP contribution in [0.1, 0.15) is 64.2 Å². The molecule has 1 atom stereocenters. The number of hydrazine groups is 1. The number of hydrogen-bond donors (Lipinski definition) is 2. The van der Waals surface area contributed by atoms with Gasteiger partial charge < -0.3 is 0 Å². The van der Waals surface area contributed by atoms with Crippen LogP contribution in [-0.2, 0) is 0 Å². The van der Waals surface area contributed by atoms with Crippen molar-refractivity contribution in [2.75, 3.05) is 0 Å². The van der Waals surface area contributed by atoms with Gasteiger partial charge in [-0.25, -0.2) is 0 Å². The summed E-state index contributed by atoms with van der Waals surface area (Å²) in [5.74, 6) is 7.55. The highest BCUT2D eigenvalue weighted by Crippen LogP contribution is 2.33. The highest BCUT2D eigenvalue weighted by atomic mass is 15.2. The normalized spacial score (nSPS) is 27.0. The van der Waals surface area contributed by atoms with Gasteiger partial charge in [0.15, 0.2) is 0 Å². The first-order valence-corrected chi connectivity index (χ1v) is 6.86. The lowest BCUT2D eigenvalue weighted by molar-refractivity contribution is 0.252. The van der Waals surface area contributed by atoms with E-state index in [-0.39, 0.29) is 0 Å². The molecule has 2 aliphatic carbocycles. The van der Waals surface area contributed by atoms with Gasteiger partial charge in [0.05, 0.1) is 0 Å². The van der Waals surface area contributed by atoms with Gasteiger partial charge in [0.25, 0.3) is 0 Å². The predicted molar refractivity (Wildman–Crippen MR) is 64.3 cm³/mol. The molecule has 0 aromatic rings. The van der Waals surface area contributed by atoms with Crippen LogP contribution in [0.15, 0.2) is 0 Å². The number of nitrogens with two attached hydrogens (primary N) is 1. The Hall–Kier alpha value is -0.0800. The standard InChI is InChI=1S/C13H26N2/c14-15-13(12-8-4-5-9-12)10-11-6-2-1-3-7-11/h11-13,15H,1-10,14H2. The molecule has 1 unspecified atom stereocenters. The van der Waals surface area contributed by atoms with Crippen LogP contribution in [0, 0.1) is 11.8 Å². The minimum Gasteiger partial charge on any atom is -0.271 e. The Kier molecular flexibility index (Phi) is 4.45. The lowest BCUT2D eigenvalue weighted by Crippen LogP contribution is -2.41. The highest BCUT2D eigenvalue weighted by Gasteiger charge is 2.27. The second kappa shape index (κ2) is 5.86. The third-order valence-corrected chi connectivity index (χ3v) is 4.49. The molecule has 88 valence electrons. The van der Waals surface area contributed by atoms with E-state index in [9.17, 15) is 0 Å². The molecule has 0 radical (unpaired) electrons. The molecule has 2 saturated carbocycles. The lowest BCUT2D eigenvalue weighted by atomic mass is 9.81. The van der Waals surface area contributed by atoms with Crippen molar-refractivity contribution in [3.63, 3.8) is 0 Å². The summed E-state index contributed by atoms with van der Waals surface area (Å²) in [6, 6.07) is 0.607. The maximum atomic E-state index is 5.72. The predicted octanol–water partition coefficient (Wildman–Crippen LogP) is 2.98. The van der Waals surface area contributed by atoms with Crippen molar-refractivity contribution in [1.82, 2.24) is 5.43 Å². The van der Waals surface area contributed by atoms with E-state index in [0.717, 1.165) is 11.8 Å². The SMILES string of the molecule is NNC(CC1CCCCC1)C1CCCC1. The molecule has 0 saturated heterocycles. The van der Waals surface area contributed by atoms with E-state index in [0.29, 0.717) is 6.04 Å². The zero-order chi connectivity index (χ0) is 10.5. The van der Waals surface area contributed by atoms with Crippen LogP contribution in [0.25, 0.3) is 0 Å². The zero-order valence-corrected chi connectivity index (χ0v) is 9.88. The Morgan fingerprint density at radius 2 is 1.53 bits per heavy atom. The van der Waals surface area contributed by atoms with Crippen molar-refractivity contribution in [1.29, 1.82) is 0 Å². The maximum absolute atomic E-state index is 5.72. The Balaban J connectivity index is 1.78. The molecule has 0 heterocycles. The largest absolute Gasteiger partial charge is 0.271 e. The fourth-order valence-corrected chi connectivity index (χ4v) is 3.54. The van der Waals surface area contributed by atoms with Crippen LogP contribution in [-0.4, -0.2) is 6.04 Å². The van der Waals surface area contributed by atoms with Crippen molar-refractivity contribution in [2.24, 2.45) is 17.7 Å². The first-order valence-electron chi connectivity index (χ1n) is 6.86. The Bertz CT molecular complexity index is 169. The van der Waals surface area contributed by atoms with Gasteiger partial charge in [-0.3, -0.25) is 11.3 Å². The van der Waals surface area contributed by atoms with E-state index in [1.165, 1.54) is 64.2 Å². The molecule has 2 fully saturated rings. The van der Waals surface area contributed by atoms with Crippen LogP contribution >= 0.6 is 0 Å². The van der Waals surface area contributed by atoms with Crippen molar-refractivity contribution in [2.45, 2.75) is 70.3 Å². The van der Waals surface area contributed by atoms with Gasteiger partial charge in [-0.15, -0.1) is 0 Å². The van der Waals surface area contributed by atoms with Gasteiger partial charge in [0.2, 0.25) is 0 Å². The molecular formula is C13H26N2. The minimum atomic E-state index is 0.607. The van der Waals surface area contributed by atoms with Gasteiger partial charge in [-0.05, 0) is 31.1 Å². The fourth-order valence-electron chi connectivity index (χ4n) is 3.54. The first kappa shape index (κ1) is 11.4. The molecule has 0 aromatic carbocycles. The topological polar surface area (TPSA) is 38.0 Å². The monoisotopic (exact) mass is 210 g/mol. The van der Waals surface area contributed by atoms with Crippen LogP contribution in [0.3, 0.4) is 0 Å². The van der Waals surface area contributed by atoms with Gasteiger partial charge in [0, 0.05) is 6.04 Å². The van der Waals surface area contributed by atoms with E-state index >= 15 is 0 Å². The minimum absolute atomic E-state index is 0.607. The molecule has 0 aromatic heterocycles. The Morgan fingerprint density at radius 1 is 0.933 bits per heavy atom. The van der Waals surface area contributed by atoms with Crippen LogP contribution in [0.5, 0.6) is 0 Å². The maximum Gasteiger partial charge on any atom is 0.0241 e. The summed E-state index contributed by atoms with van der Waals surface area (Å²) in [6.45, 7) is 0. The number of rotatable bonds is 4. The summed E-state index contributed by atoms with van der Waals surface area (Å²) in [4.78, 5) is 0. The van der Waals surface area contributed by atoms with E-state index in [2.05, 4.69) is 5.43 Å². The lowest BCUT2D eigenvalue weighted by Gasteiger charge is -2.29. The second-order valence-corrected chi connectivity index (χ2v) is 5.56.